The van der Waals surface area contributed by atoms with Gasteiger partial charge in [0.05, 0.1) is 6.04 Å². The smallest absolute Gasteiger partial charge is 0.241 e. The van der Waals surface area contributed by atoms with Crippen LogP contribution in [0.5, 0.6) is 0 Å². The maximum Gasteiger partial charge on any atom is 0.241 e. The number of hydrogen-bond donors (Lipinski definition) is 2. The van der Waals surface area contributed by atoms with E-state index < -0.39 is 0 Å². The Kier molecular flexibility index (Phi) is 4.15. The third kappa shape index (κ3) is 2.99. The number of carbonyl (C=O) groups is 1. The summed E-state index contributed by atoms with van der Waals surface area (Å²) in [5.74, 6) is 0.0656. The van der Waals surface area contributed by atoms with Gasteiger partial charge in [0, 0.05) is 11.7 Å². The van der Waals surface area contributed by atoms with E-state index in [4.69, 9.17) is 0 Å². The molecule has 1 aromatic rings. The summed E-state index contributed by atoms with van der Waals surface area (Å²) in [5, 5.41) is 6.35. The van der Waals surface area contributed by atoms with Gasteiger partial charge in [-0.3, -0.25) is 4.79 Å². The van der Waals surface area contributed by atoms with E-state index in [1.165, 1.54) is 5.56 Å². The molecule has 0 radical (unpaired) electrons. The van der Waals surface area contributed by atoms with Crippen LogP contribution in [0.2, 0.25) is 0 Å². The van der Waals surface area contributed by atoms with Crippen LogP contribution in [0.15, 0.2) is 36.9 Å². The normalized spacial score (nSPS) is 20.5. The highest BCUT2D eigenvalue weighted by atomic mass is 16.2. The third-order valence-corrected chi connectivity index (χ3v) is 3.30. The highest BCUT2D eigenvalue weighted by molar-refractivity contribution is 5.96. The van der Waals surface area contributed by atoms with Crippen LogP contribution in [0.1, 0.15) is 25.3 Å². The zero-order valence-corrected chi connectivity index (χ0v) is 10.8. The standard InChI is InChI=1S/C15H20N2O/c1-3-6-11(2)16-14-10-9-12-7-4-5-8-13(12)17-15(14)18/h3-5,7-8,11,14,16H,1,6,9-10H2,2H3,(H,17,18). The third-order valence-electron chi connectivity index (χ3n) is 3.30. The predicted molar refractivity (Wildman–Crippen MR) is 74.6 cm³/mol. The van der Waals surface area contributed by atoms with Crippen molar-refractivity contribution in [2.45, 2.75) is 38.3 Å². The molecule has 18 heavy (non-hydrogen) atoms. The van der Waals surface area contributed by atoms with Crippen LogP contribution >= 0.6 is 0 Å². The molecule has 0 fully saturated rings. The minimum Gasteiger partial charge on any atom is -0.324 e. The summed E-state index contributed by atoms with van der Waals surface area (Å²) in [5.41, 5.74) is 2.16. The second-order valence-corrected chi connectivity index (χ2v) is 4.83. The van der Waals surface area contributed by atoms with E-state index in [1.54, 1.807) is 0 Å². The summed E-state index contributed by atoms with van der Waals surface area (Å²) in [6.45, 7) is 5.80. The Morgan fingerprint density at radius 3 is 3.11 bits per heavy atom. The minimum absolute atomic E-state index is 0.0656. The summed E-state index contributed by atoms with van der Waals surface area (Å²) in [7, 11) is 0. The molecule has 0 aromatic heterocycles. The molecule has 0 saturated carbocycles. The Morgan fingerprint density at radius 1 is 1.56 bits per heavy atom. The molecule has 96 valence electrons. The molecule has 2 atom stereocenters. The Labute approximate surface area is 108 Å². The summed E-state index contributed by atoms with van der Waals surface area (Å²) in [6, 6.07) is 8.16. The molecule has 2 rings (SSSR count). The van der Waals surface area contributed by atoms with Crippen LogP contribution in [0.4, 0.5) is 5.69 Å². The molecule has 2 N–H and O–H groups in total. The number of aryl methyl sites for hydroxylation is 1. The molecule has 3 heteroatoms. The Morgan fingerprint density at radius 2 is 2.33 bits per heavy atom. The summed E-state index contributed by atoms with van der Waals surface area (Å²) < 4.78 is 0. The van der Waals surface area contributed by atoms with Gasteiger partial charge in [-0.2, -0.15) is 0 Å². The van der Waals surface area contributed by atoms with Gasteiger partial charge in [0.1, 0.15) is 0 Å². The van der Waals surface area contributed by atoms with Gasteiger partial charge in [-0.05, 0) is 37.8 Å². The first-order valence-electron chi connectivity index (χ1n) is 6.46. The van der Waals surface area contributed by atoms with Crippen LogP contribution in [-0.2, 0) is 11.2 Å². The summed E-state index contributed by atoms with van der Waals surface area (Å²) >= 11 is 0. The highest BCUT2D eigenvalue weighted by Gasteiger charge is 2.23. The molecule has 1 heterocycles. The first kappa shape index (κ1) is 12.8. The number of hydrogen-bond acceptors (Lipinski definition) is 2. The first-order valence-corrected chi connectivity index (χ1v) is 6.46. The number of rotatable bonds is 4. The lowest BCUT2D eigenvalue weighted by Crippen LogP contribution is -2.44. The fourth-order valence-corrected chi connectivity index (χ4v) is 2.33. The second-order valence-electron chi connectivity index (χ2n) is 4.83. The van der Waals surface area contributed by atoms with Crippen molar-refractivity contribution in [3.8, 4) is 0 Å². The number of amides is 1. The van der Waals surface area contributed by atoms with Crippen molar-refractivity contribution < 1.29 is 4.79 Å². The first-order chi connectivity index (χ1) is 8.70. The lowest BCUT2D eigenvalue weighted by atomic mass is 10.1. The quantitative estimate of drug-likeness (QED) is 0.799. The monoisotopic (exact) mass is 244 g/mol. The van der Waals surface area contributed by atoms with Crippen molar-refractivity contribution in [1.29, 1.82) is 0 Å². The largest absolute Gasteiger partial charge is 0.324 e. The van der Waals surface area contributed by atoms with Crippen molar-refractivity contribution in [2.75, 3.05) is 5.32 Å². The van der Waals surface area contributed by atoms with E-state index in [0.29, 0.717) is 0 Å². The Hall–Kier alpha value is -1.61. The molecular weight excluding hydrogens is 224 g/mol. The number of fused-ring (bicyclic) bond motifs is 1. The van der Waals surface area contributed by atoms with Gasteiger partial charge < -0.3 is 10.6 Å². The van der Waals surface area contributed by atoms with E-state index in [2.05, 4.69) is 30.2 Å². The zero-order valence-electron chi connectivity index (χ0n) is 10.8. The van der Waals surface area contributed by atoms with Gasteiger partial charge in [0.2, 0.25) is 5.91 Å². The van der Waals surface area contributed by atoms with E-state index in [0.717, 1.165) is 24.9 Å². The van der Waals surface area contributed by atoms with Crippen molar-refractivity contribution in [3.05, 3.63) is 42.5 Å². The maximum atomic E-state index is 12.1. The van der Waals surface area contributed by atoms with Gasteiger partial charge in [-0.15, -0.1) is 6.58 Å². The van der Waals surface area contributed by atoms with E-state index in [-0.39, 0.29) is 18.0 Å². The van der Waals surface area contributed by atoms with Crippen LogP contribution in [0.25, 0.3) is 0 Å². The van der Waals surface area contributed by atoms with Gasteiger partial charge in [0.25, 0.3) is 0 Å². The molecule has 1 aliphatic rings. The predicted octanol–water partition coefficient (Wildman–Crippen LogP) is 2.49. The summed E-state index contributed by atoms with van der Waals surface area (Å²) in [4.78, 5) is 12.1. The van der Waals surface area contributed by atoms with Crippen molar-refractivity contribution in [3.63, 3.8) is 0 Å². The number of nitrogens with one attached hydrogen (secondary N) is 2. The average molecular weight is 244 g/mol. The molecular formula is C15H20N2O. The van der Waals surface area contributed by atoms with Crippen molar-refractivity contribution >= 4 is 11.6 Å². The number of para-hydroxylation sites is 1. The minimum atomic E-state index is -0.118. The van der Waals surface area contributed by atoms with Gasteiger partial charge in [-0.1, -0.05) is 24.3 Å². The van der Waals surface area contributed by atoms with Crippen molar-refractivity contribution in [1.82, 2.24) is 5.32 Å². The number of anilines is 1. The topological polar surface area (TPSA) is 41.1 Å². The second kappa shape index (κ2) is 5.83. The van der Waals surface area contributed by atoms with E-state index in [1.807, 2.05) is 24.3 Å². The molecule has 1 aromatic carbocycles. The van der Waals surface area contributed by atoms with Gasteiger partial charge in [0.15, 0.2) is 0 Å². The zero-order chi connectivity index (χ0) is 13.0. The SMILES string of the molecule is C=CCC(C)NC1CCc2ccccc2NC1=O. The highest BCUT2D eigenvalue weighted by Crippen LogP contribution is 2.21. The van der Waals surface area contributed by atoms with Crippen molar-refractivity contribution in [2.24, 2.45) is 0 Å². The number of carbonyl (C=O) groups excluding carboxylic acids is 1. The molecule has 0 saturated heterocycles. The van der Waals surface area contributed by atoms with Crippen LogP contribution in [0, 0.1) is 0 Å². The lowest BCUT2D eigenvalue weighted by molar-refractivity contribution is -0.118. The molecule has 3 nitrogen and oxygen atoms in total. The van der Waals surface area contributed by atoms with Crippen LogP contribution < -0.4 is 10.6 Å². The fourth-order valence-electron chi connectivity index (χ4n) is 2.33. The molecule has 1 aliphatic heterocycles. The van der Waals surface area contributed by atoms with Crippen LogP contribution in [-0.4, -0.2) is 18.0 Å². The number of benzene rings is 1. The molecule has 2 unspecified atom stereocenters. The lowest BCUT2D eigenvalue weighted by Gasteiger charge is -2.19. The molecule has 0 bridgehead atoms. The molecule has 1 amide bonds. The molecule has 0 spiro atoms. The van der Waals surface area contributed by atoms with E-state index in [9.17, 15) is 4.79 Å². The van der Waals surface area contributed by atoms with E-state index >= 15 is 0 Å². The Bertz CT molecular complexity index is 442. The Balaban J connectivity index is 2.05. The van der Waals surface area contributed by atoms with Crippen LogP contribution in [0.3, 0.4) is 0 Å². The molecule has 0 aliphatic carbocycles. The summed E-state index contributed by atoms with van der Waals surface area (Å²) in [6.07, 6.45) is 4.51. The average Bonchev–Trinajstić information content (AvgIpc) is 2.50. The fraction of sp³-hybridized carbons (Fsp3) is 0.400. The van der Waals surface area contributed by atoms with Gasteiger partial charge >= 0.3 is 0 Å². The maximum absolute atomic E-state index is 12.1. The van der Waals surface area contributed by atoms with Gasteiger partial charge in [-0.25, -0.2) is 0 Å².